The number of benzene rings is 1. The third-order valence-electron chi connectivity index (χ3n) is 3.25. The number of aryl methyl sites for hydroxylation is 1. The highest BCUT2D eigenvalue weighted by Gasteiger charge is 2.15. The molecule has 110 valence electrons. The molecule has 0 unspecified atom stereocenters. The van der Waals surface area contributed by atoms with Gasteiger partial charge in [-0.25, -0.2) is 0 Å². The van der Waals surface area contributed by atoms with Crippen molar-refractivity contribution in [2.45, 2.75) is 33.1 Å². The Morgan fingerprint density at radius 2 is 1.90 bits per heavy atom. The van der Waals surface area contributed by atoms with E-state index in [-0.39, 0.29) is 10.4 Å². The fourth-order valence-electron chi connectivity index (χ4n) is 1.97. The maximum absolute atomic E-state index is 5.91. The molecule has 1 aromatic heterocycles. The SMILES string of the molecule is Cc1cc(C(C)(C)C)ccc1Oc1ccnc(C(N)=S)c1. The molecule has 1 heterocycles. The minimum Gasteiger partial charge on any atom is -0.457 e. The molecule has 2 N–H and O–H groups in total. The van der Waals surface area contributed by atoms with Gasteiger partial charge < -0.3 is 10.5 Å². The molecule has 21 heavy (non-hydrogen) atoms. The van der Waals surface area contributed by atoms with Crippen LogP contribution in [0, 0.1) is 6.92 Å². The summed E-state index contributed by atoms with van der Waals surface area (Å²) in [7, 11) is 0. The highest BCUT2D eigenvalue weighted by Crippen LogP contribution is 2.30. The summed E-state index contributed by atoms with van der Waals surface area (Å²) in [6.45, 7) is 8.62. The molecule has 3 nitrogen and oxygen atoms in total. The molecule has 0 saturated carbocycles. The van der Waals surface area contributed by atoms with Crippen molar-refractivity contribution in [3.63, 3.8) is 0 Å². The number of nitrogens with two attached hydrogens (primary N) is 1. The van der Waals surface area contributed by atoms with Crippen LogP contribution in [0.15, 0.2) is 36.5 Å². The highest BCUT2D eigenvalue weighted by atomic mass is 32.1. The van der Waals surface area contributed by atoms with Crippen LogP contribution in [0.5, 0.6) is 11.5 Å². The van der Waals surface area contributed by atoms with E-state index in [0.29, 0.717) is 11.4 Å². The Morgan fingerprint density at radius 1 is 1.19 bits per heavy atom. The first-order chi connectivity index (χ1) is 9.77. The zero-order chi connectivity index (χ0) is 15.6. The van der Waals surface area contributed by atoms with Gasteiger partial charge in [-0.15, -0.1) is 0 Å². The molecule has 0 saturated heterocycles. The van der Waals surface area contributed by atoms with Crippen molar-refractivity contribution in [1.82, 2.24) is 4.98 Å². The number of rotatable bonds is 3. The van der Waals surface area contributed by atoms with Gasteiger partial charge in [-0.3, -0.25) is 4.98 Å². The zero-order valence-corrected chi connectivity index (χ0v) is 13.6. The van der Waals surface area contributed by atoms with E-state index in [2.05, 4.69) is 37.9 Å². The van der Waals surface area contributed by atoms with E-state index < -0.39 is 0 Å². The van der Waals surface area contributed by atoms with Crippen molar-refractivity contribution >= 4 is 17.2 Å². The third-order valence-corrected chi connectivity index (χ3v) is 3.46. The summed E-state index contributed by atoms with van der Waals surface area (Å²) in [6.07, 6.45) is 1.64. The summed E-state index contributed by atoms with van der Waals surface area (Å²) < 4.78 is 5.91. The summed E-state index contributed by atoms with van der Waals surface area (Å²) in [6, 6.07) is 9.79. The number of nitrogens with zero attached hydrogens (tertiary/aromatic N) is 1. The van der Waals surface area contributed by atoms with Gasteiger partial charge in [0.25, 0.3) is 0 Å². The normalized spacial score (nSPS) is 11.2. The lowest BCUT2D eigenvalue weighted by atomic mass is 9.86. The van der Waals surface area contributed by atoms with Crippen molar-refractivity contribution in [2.75, 3.05) is 0 Å². The summed E-state index contributed by atoms with van der Waals surface area (Å²) in [5, 5.41) is 0. The predicted molar refractivity (Wildman–Crippen MR) is 90.1 cm³/mol. The second-order valence-electron chi connectivity index (χ2n) is 6.07. The largest absolute Gasteiger partial charge is 0.457 e. The molecule has 2 aromatic rings. The maximum Gasteiger partial charge on any atom is 0.131 e. The van der Waals surface area contributed by atoms with Gasteiger partial charge in [-0.05, 0) is 35.6 Å². The molecule has 0 aliphatic rings. The summed E-state index contributed by atoms with van der Waals surface area (Å²) >= 11 is 4.93. The first-order valence-corrected chi connectivity index (χ1v) is 7.23. The number of hydrogen-bond acceptors (Lipinski definition) is 3. The van der Waals surface area contributed by atoms with Gasteiger partial charge in [-0.2, -0.15) is 0 Å². The Hall–Kier alpha value is -1.94. The quantitative estimate of drug-likeness (QED) is 0.866. The van der Waals surface area contributed by atoms with E-state index in [1.54, 1.807) is 18.3 Å². The second kappa shape index (κ2) is 5.82. The number of thiocarbonyl (C=S) groups is 1. The van der Waals surface area contributed by atoms with Gasteiger partial charge in [0.05, 0.1) is 0 Å². The third kappa shape index (κ3) is 3.79. The average molecular weight is 300 g/mol. The van der Waals surface area contributed by atoms with Crippen molar-refractivity contribution in [3.05, 3.63) is 53.3 Å². The molecular formula is C17H20N2OS. The van der Waals surface area contributed by atoms with E-state index in [1.807, 2.05) is 13.0 Å². The highest BCUT2D eigenvalue weighted by molar-refractivity contribution is 7.80. The standard InChI is InChI=1S/C17H20N2OS/c1-11-9-12(17(2,3)4)5-6-15(11)20-13-7-8-19-14(10-13)16(18)21/h5-10H,1-4H3,(H2,18,21). The van der Waals surface area contributed by atoms with Gasteiger partial charge in [0.2, 0.25) is 0 Å². The Balaban J connectivity index is 2.28. The van der Waals surface area contributed by atoms with E-state index in [0.717, 1.165) is 11.3 Å². The molecule has 0 atom stereocenters. The molecule has 1 aromatic carbocycles. The van der Waals surface area contributed by atoms with Crippen LogP contribution in [-0.4, -0.2) is 9.97 Å². The molecule has 0 amide bonds. The van der Waals surface area contributed by atoms with E-state index in [4.69, 9.17) is 22.7 Å². The minimum absolute atomic E-state index is 0.124. The van der Waals surface area contributed by atoms with E-state index in [1.165, 1.54) is 5.56 Å². The number of hydrogen-bond donors (Lipinski definition) is 1. The van der Waals surface area contributed by atoms with Crippen LogP contribution < -0.4 is 10.5 Å². The van der Waals surface area contributed by atoms with Crippen molar-refractivity contribution < 1.29 is 4.74 Å². The lowest BCUT2D eigenvalue weighted by molar-refractivity contribution is 0.476. The Morgan fingerprint density at radius 3 is 2.48 bits per heavy atom. The smallest absolute Gasteiger partial charge is 0.131 e. The van der Waals surface area contributed by atoms with Crippen LogP contribution >= 0.6 is 12.2 Å². The number of aromatic nitrogens is 1. The van der Waals surface area contributed by atoms with E-state index >= 15 is 0 Å². The van der Waals surface area contributed by atoms with Crippen LogP contribution in [0.2, 0.25) is 0 Å². The van der Waals surface area contributed by atoms with Crippen LogP contribution in [-0.2, 0) is 5.41 Å². The van der Waals surface area contributed by atoms with Crippen molar-refractivity contribution in [1.29, 1.82) is 0 Å². The number of pyridine rings is 1. The minimum atomic E-state index is 0.124. The Labute approximate surface area is 131 Å². The monoisotopic (exact) mass is 300 g/mol. The van der Waals surface area contributed by atoms with Gasteiger partial charge in [-0.1, -0.05) is 45.1 Å². The Bertz CT molecular complexity index is 675. The van der Waals surface area contributed by atoms with Crippen molar-refractivity contribution in [2.24, 2.45) is 5.73 Å². The van der Waals surface area contributed by atoms with E-state index in [9.17, 15) is 0 Å². The number of ether oxygens (including phenoxy) is 1. The van der Waals surface area contributed by atoms with Crippen LogP contribution in [0.25, 0.3) is 0 Å². The lowest BCUT2D eigenvalue weighted by Crippen LogP contribution is -2.11. The maximum atomic E-state index is 5.91. The van der Waals surface area contributed by atoms with Crippen LogP contribution in [0.3, 0.4) is 0 Å². The van der Waals surface area contributed by atoms with Gasteiger partial charge in [0, 0.05) is 12.3 Å². The molecule has 2 rings (SSSR count). The Kier molecular flexibility index (Phi) is 4.28. The zero-order valence-electron chi connectivity index (χ0n) is 12.8. The molecule has 0 radical (unpaired) electrons. The van der Waals surface area contributed by atoms with Crippen molar-refractivity contribution in [3.8, 4) is 11.5 Å². The fraction of sp³-hybridized carbons (Fsp3) is 0.294. The van der Waals surface area contributed by atoms with Gasteiger partial charge in [0.15, 0.2) is 0 Å². The molecule has 0 aliphatic heterocycles. The molecule has 0 bridgehead atoms. The van der Waals surface area contributed by atoms with Crippen LogP contribution in [0.4, 0.5) is 0 Å². The lowest BCUT2D eigenvalue weighted by Gasteiger charge is -2.20. The molecule has 4 heteroatoms. The van der Waals surface area contributed by atoms with Gasteiger partial charge >= 0.3 is 0 Å². The summed E-state index contributed by atoms with van der Waals surface area (Å²) in [5.41, 5.74) is 8.65. The van der Waals surface area contributed by atoms with Crippen LogP contribution in [0.1, 0.15) is 37.6 Å². The second-order valence-corrected chi connectivity index (χ2v) is 6.51. The first-order valence-electron chi connectivity index (χ1n) is 6.82. The predicted octanol–water partition coefficient (Wildman–Crippen LogP) is 4.11. The molecule has 0 fully saturated rings. The average Bonchev–Trinajstić information content (AvgIpc) is 2.40. The molecule has 0 aliphatic carbocycles. The summed E-state index contributed by atoms with van der Waals surface area (Å²) in [4.78, 5) is 4.37. The topological polar surface area (TPSA) is 48.1 Å². The fourth-order valence-corrected chi connectivity index (χ4v) is 2.08. The first kappa shape index (κ1) is 15.4. The molecule has 0 spiro atoms. The summed E-state index contributed by atoms with van der Waals surface area (Å²) in [5.74, 6) is 1.50. The van der Waals surface area contributed by atoms with Gasteiger partial charge in [0.1, 0.15) is 22.2 Å². The molecular weight excluding hydrogens is 280 g/mol.